The molecule has 0 N–H and O–H groups in total. The Kier molecular flexibility index (Phi) is 4.16. The summed E-state index contributed by atoms with van der Waals surface area (Å²) in [5.74, 6) is 0. The lowest BCUT2D eigenvalue weighted by molar-refractivity contribution is -0.383. The van der Waals surface area contributed by atoms with Crippen molar-refractivity contribution in [2.24, 2.45) is 0 Å². The Bertz CT molecular complexity index is 573. The molecule has 0 saturated heterocycles. The van der Waals surface area contributed by atoms with E-state index in [1.165, 1.54) is 0 Å². The number of hydrogen-bond acceptors (Lipinski definition) is 3. The Balaban J connectivity index is 2.31. The first-order valence-electron chi connectivity index (χ1n) is 6.62. The lowest BCUT2D eigenvalue weighted by Gasteiger charge is -2.18. The third-order valence-corrected chi connectivity index (χ3v) is 3.52. The minimum absolute atomic E-state index is 0.182. The fraction of sp³-hybridized carbons (Fsp3) is 0.429. The number of nitro benzene ring substituents is 1. The van der Waals surface area contributed by atoms with E-state index < -0.39 is 0 Å². The van der Waals surface area contributed by atoms with Crippen molar-refractivity contribution in [2.45, 2.75) is 20.4 Å². The average molecular weight is 261 g/mol. The number of hydrogen-bond donors (Lipinski definition) is 0. The van der Waals surface area contributed by atoms with Gasteiger partial charge < -0.3 is 9.47 Å². The van der Waals surface area contributed by atoms with Crippen molar-refractivity contribution < 1.29 is 4.92 Å². The fourth-order valence-corrected chi connectivity index (χ4v) is 2.36. The monoisotopic (exact) mass is 261 g/mol. The molecule has 0 aliphatic rings. The number of likely N-dealkylation sites (N-methyl/N-ethyl adjacent to an activating group) is 1. The summed E-state index contributed by atoms with van der Waals surface area (Å²) in [5, 5.41) is 12.0. The quantitative estimate of drug-likeness (QED) is 0.593. The van der Waals surface area contributed by atoms with Crippen molar-refractivity contribution in [1.29, 1.82) is 0 Å². The standard InChI is InChI=1S/C14H19N3O2/c1-3-15(4-2)10-11-16-9-8-12-6-5-7-13(14(12)16)17(18)19/h5-9H,3-4,10-11H2,1-2H3. The molecule has 0 aliphatic carbocycles. The van der Waals surface area contributed by atoms with Crippen LogP contribution in [0.1, 0.15) is 13.8 Å². The SMILES string of the molecule is CCN(CC)CCn1ccc2cccc([N+](=O)[O-])c21. The second-order valence-corrected chi connectivity index (χ2v) is 4.51. The maximum atomic E-state index is 11.1. The molecule has 1 heterocycles. The van der Waals surface area contributed by atoms with E-state index in [1.54, 1.807) is 12.1 Å². The molecule has 102 valence electrons. The Morgan fingerprint density at radius 2 is 2.00 bits per heavy atom. The van der Waals surface area contributed by atoms with Gasteiger partial charge in [0, 0.05) is 30.7 Å². The molecule has 19 heavy (non-hydrogen) atoms. The van der Waals surface area contributed by atoms with Crippen LogP contribution in [0.25, 0.3) is 10.9 Å². The number of nitro groups is 1. The van der Waals surface area contributed by atoms with E-state index in [2.05, 4.69) is 18.7 Å². The van der Waals surface area contributed by atoms with Gasteiger partial charge in [-0.15, -0.1) is 0 Å². The van der Waals surface area contributed by atoms with Crippen LogP contribution < -0.4 is 0 Å². The Hall–Kier alpha value is -1.88. The zero-order valence-electron chi connectivity index (χ0n) is 11.4. The topological polar surface area (TPSA) is 51.3 Å². The number of non-ortho nitro benzene ring substituents is 1. The van der Waals surface area contributed by atoms with Crippen molar-refractivity contribution in [3.63, 3.8) is 0 Å². The summed E-state index contributed by atoms with van der Waals surface area (Å²) in [5.41, 5.74) is 0.904. The van der Waals surface area contributed by atoms with Crippen molar-refractivity contribution in [2.75, 3.05) is 19.6 Å². The molecule has 0 amide bonds. The normalized spacial score (nSPS) is 11.3. The molecule has 0 fully saturated rings. The van der Waals surface area contributed by atoms with Gasteiger partial charge in [0.2, 0.25) is 0 Å². The number of nitrogens with zero attached hydrogens (tertiary/aromatic N) is 3. The minimum Gasteiger partial charge on any atom is -0.341 e. The molecular formula is C14H19N3O2. The molecular weight excluding hydrogens is 242 g/mol. The summed E-state index contributed by atoms with van der Waals surface area (Å²) in [4.78, 5) is 13.1. The first kappa shape index (κ1) is 13.5. The molecule has 1 aromatic carbocycles. The summed E-state index contributed by atoms with van der Waals surface area (Å²) < 4.78 is 1.98. The van der Waals surface area contributed by atoms with E-state index in [0.29, 0.717) is 0 Å². The molecule has 2 rings (SSSR count). The van der Waals surface area contributed by atoms with Crippen molar-refractivity contribution in [1.82, 2.24) is 9.47 Å². The van der Waals surface area contributed by atoms with E-state index >= 15 is 0 Å². The molecule has 0 spiro atoms. The molecule has 0 aliphatic heterocycles. The van der Waals surface area contributed by atoms with Crippen molar-refractivity contribution >= 4 is 16.6 Å². The van der Waals surface area contributed by atoms with Crippen molar-refractivity contribution in [3.8, 4) is 0 Å². The van der Waals surface area contributed by atoms with E-state index in [4.69, 9.17) is 0 Å². The molecule has 0 bridgehead atoms. The summed E-state index contributed by atoms with van der Waals surface area (Å²) in [6, 6.07) is 7.15. The van der Waals surface area contributed by atoms with E-state index in [1.807, 2.05) is 22.9 Å². The largest absolute Gasteiger partial charge is 0.341 e. The molecule has 0 atom stereocenters. The Labute approximate surface area is 112 Å². The van der Waals surface area contributed by atoms with Crippen LogP contribution >= 0.6 is 0 Å². The number of aromatic nitrogens is 1. The van der Waals surface area contributed by atoms with Crippen LogP contribution in [-0.4, -0.2) is 34.0 Å². The minimum atomic E-state index is -0.309. The highest BCUT2D eigenvalue weighted by atomic mass is 16.6. The van der Waals surface area contributed by atoms with Crippen molar-refractivity contribution in [3.05, 3.63) is 40.6 Å². The van der Waals surface area contributed by atoms with Gasteiger partial charge in [-0.05, 0) is 19.2 Å². The molecule has 0 unspecified atom stereocenters. The molecule has 1 aromatic heterocycles. The Morgan fingerprint density at radius 3 is 2.63 bits per heavy atom. The van der Waals surface area contributed by atoms with Gasteiger partial charge in [0.15, 0.2) is 0 Å². The van der Waals surface area contributed by atoms with Gasteiger partial charge in [0.1, 0.15) is 5.52 Å². The number of rotatable bonds is 6. The number of benzene rings is 1. The smallest absolute Gasteiger partial charge is 0.293 e. The lowest BCUT2D eigenvalue weighted by Crippen LogP contribution is -2.26. The van der Waals surface area contributed by atoms with Crippen LogP contribution in [0, 0.1) is 10.1 Å². The van der Waals surface area contributed by atoms with Gasteiger partial charge in [0.05, 0.1) is 4.92 Å². The van der Waals surface area contributed by atoms with Crippen LogP contribution in [0.2, 0.25) is 0 Å². The maximum absolute atomic E-state index is 11.1. The molecule has 0 saturated carbocycles. The zero-order valence-corrected chi connectivity index (χ0v) is 11.4. The van der Waals surface area contributed by atoms with Gasteiger partial charge in [-0.1, -0.05) is 26.0 Å². The predicted molar refractivity (Wildman–Crippen MR) is 76.4 cm³/mol. The molecule has 5 heteroatoms. The number of para-hydroxylation sites is 1. The third kappa shape index (κ3) is 2.76. The molecule has 0 radical (unpaired) electrons. The zero-order chi connectivity index (χ0) is 13.8. The van der Waals surface area contributed by atoms with Gasteiger partial charge in [-0.3, -0.25) is 10.1 Å². The summed E-state index contributed by atoms with van der Waals surface area (Å²) >= 11 is 0. The maximum Gasteiger partial charge on any atom is 0.293 e. The van der Waals surface area contributed by atoms with Crippen LogP contribution in [0.4, 0.5) is 5.69 Å². The first-order chi connectivity index (χ1) is 9.17. The fourth-order valence-electron chi connectivity index (χ4n) is 2.36. The second-order valence-electron chi connectivity index (χ2n) is 4.51. The van der Waals surface area contributed by atoms with Crippen LogP contribution in [0.5, 0.6) is 0 Å². The number of fused-ring (bicyclic) bond motifs is 1. The van der Waals surface area contributed by atoms with Gasteiger partial charge in [0.25, 0.3) is 5.69 Å². The van der Waals surface area contributed by atoms with E-state index in [-0.39, 0.29) is 10.6 Å². The first-order valence-corrected chi connectivity index (χ1v) is 6.62. The molecule has 5 nitrogen and oxygen atoms in total. The van der Waals surface area contributed by atoms with Gasteiger partial charge in [-0.25, -0.2) is 0 Å². The average Bonchev–Trinajstić information content (AvgIpc) is 2.83. The van der Waals surface area contributed by atoms with Gasteiger partial charge >= 0.3 is 0 Å². The van der Waals surface area contributed by atoms with E-state index in [0.717, 1.165) is 37.1 Å². The predicted octanol–water partition coefficient (Wildman–Crippen LogP) is 2.89. The van der Waals surface area contributed by atoms with Crippen LogP contribution in [0.15, 0.2) is 30.5 Å². The Morgan fingerprint density at radius 1 is 1.26 bits per heavy atom. The highest BCUT2D eigenvalue weighted by Gasteiger charge is 2.15. The van der Waals surface area contributed by atoms with Crippen LogP contribution in [0.3, 0.4) is 0 Å². The lowest BCUT2D eigenvalue weighted by atomic mass is 10.2. The second kappa shape index (κ2) is 5.84. The third-order valence-electron chi connectivity index (χ3n) is 3.52. The summed E-state index contributed by atoms with van der Waals surface area (Å²) in [6.45, 7) is 7.92. The summed E-state index contributed by atoms with van der Waals surface area (Å²) in [7, 11) is 0. The van der Waals surface area contributed by atoms with Crippen LogP contribution in [-0.2, 0) is 6.54 Å². The molecule has 2 aromatic rings. The summed E-state index contributed by atoms with van der Waals surface area (Å²) in [6.07, 6.45) is 1.93. The highest BCUT2D eigenvalue weighted by Crippen LogP contribution is 2.26. The van der Waals surface area contributed by atoms with Gasteiger partial charge in [-0.2, -0.15) is 0 Å². The van der Waals surface area contributed by atoms with E-state index in [9.17, 15) is 10.1 Å². The highest BCUT2D eigenvalue weighted by molar-refractivity contribution is 5.88.